The molecule has 0 aliphatic rings. The summed E-state index contributed by atoms with van der Waals surface area (Å²) in [7, 11) is 0. The van der Waals surface area contributed by atoms with Crippen molar-refractivity contribution < 1.29 is 0 Å². The Bertz CT molecular complexity index is 945. The van der Waals surface area contributed by atoms with Crippen LogP contribution in [0.4, 0.5) is 11.5 Å². The van der Waals surface area contributed by atoms with E-state index in [4.69, 9.17) is 11.6 Å². The zero-order chi connectivity index (χ0) is 14.2. The molecular weight excluding hydrogens is 284 g/mol. The summed E-state index contributed by atoms with van der Waals surface area (Å²) in [6.07, 6.45) is 1.55. The highest BCUT2D eigenvalue weighted by atomic mass is 35.5. The third-order valence-electron chi connectivity index (χ3n) is 3.38. The molecule has 0 saturated heterocycles. The van der Waals surface area contributed by atoms with Gasteiger partial charge in [-0.05, 0) is 24.3 Å². The van der Waals surface area contributed by atoms with Gasteiger partial charge in [-0.2, -0.15) is 0 Å². The molecule has 0 unspecified atom stereocenters. The quantitative estimate of drug-likeness (QED) is 0.572. The Morgan fingerprint density at radius 1 is 1.00 bits per heavy atom. The van der Waals surface area contributed by atoms with Crippen molar-refractivity contribution in [3.05, 3.63) is 59.9 Å². The van der Waals surface area contributed by atoms with Crippen molar-refractivity contribution in [1.82, 2.24) is 15.0 Å². The molecule has 4 aromatic rings. The minimum Gasteiger partial charge on any atom is -0.340 e. The Morgan fingerprint density at radius 3 is 2.81 bits per heavy atom. The Labute approximate surface area is 125 Å². The van der Waals surface area contributed by atoms with Gasteiger partial charge in [-0.25, -0.2) is 9.97 Å². The van der Waals surface area contributed by atoms with E-state index in [-0.39, 0.29) is 0 Å². The van der Waals surface area contributed by atoms with Gasteiger partial charge in [0.15, 0.2) is 0 Å². The van der Waals surface area contributed by atoms with E-state index in [0.717, 1.165) is 33.4 Å². The number of H-pyrrole nitrogens is 1. The molecule has 2 aromatic heterocycles. The highest BCUT2D eigenvalue weighted by Crippen LogP contribution is 2.30. The molecule has 2 heterocycles. The second-order valence-electron chi connectivity index (χ2n) is 4.75. The number of hydrogen-bond acceptors (Lipinski definition) is 3. The maximum Gasteiger partial charge on any atom is 0.143 e. The molecule has 21 heavy (non-hydrogen) atoms. The van der Waals surface area contributed by atoms with Crippen LogP contribution in [-0.2, 0) is 0 Å². The van der Waals surface area contributed by atoms with Gasteiger partial charge in [-0.15, -0.1) is 0 Å². The number of rotatable bonds is 2. The maximum absolute atomic E-state index is 6.02. The Kier molecular flexibility index (Phi) is 2.75. The maximum atomic E-state index is 6.02. The van der Waals surface area contributed by atoms with Crippen LogP contribution < -0.4 is 5.32 Å². The summed E-state index contributed by atoms with van der Waals surface area (Å²) < 4.78 is 0. The summed E-state index contributed by atoms with van der Waals surface area (Å²) in [6, 6.07) is 15.6. The second-order valence-corrected chi connectivity index (χ2v) is 5.19. The number of anilines is 2. The molecule has 0 bridgehead atoms. The lowest BCUT2D eigenvalue weighted by atomic mass is 10.2. The summed E-state index contributed by atoms with van der Waals surface area (Å²) in [5.41, 5.74) is 2.76. The van der Waals surface area contributed by atoms with Gasteiger partial charge in [0.1, 0.15) is 17.8 Å². The Morgan fingerprint density at radius 2 is 1.90 bits per heavy atom. The third kappa shape index (κ3) is 2.10. The number of para-hydroxylation sites is 1. The van der Waals surface area contributed by atoms with E-state index in [0.29, 0.717) is 5.02 Å². The molecule has 0 atom stereocenters. The number of fused-ring (bicyclic) bond motifs is 3. The summed E-state index contributed by atoms with van der Waals surface area (Å²) in [6.45, 7) is 0. The van der Waals surface area contributed by atoms with E-state index in [2.05, 4.69) is 26.3 Å². The molecule has 5 heteroatoms. The molecular formula is C16H11ClN4. The second kappa shape index (κ2) is 4.75. The Hall–Kier alpha value is -2.59. The van der Waals surface area contributed by atoms with Crippen LogP contribution >= 0.6 is 11.6 Å². The SMILES string of the molecule is Clc1cccc(Nc2ncnc3[nH]c4ccccc4c23)c1. The van der Waals surface area contributed by atoms with Crippen LogP contribution in [0, 0.1) is 0 Å². The van der Waals surface area contributed by atoms with Crippen LogP contribution in [0.1, 0.15) is 0 Å². The smallest absolute Gasteiger partial charge is 0.143 e. The topological polar surface area (TPSA) is 53.6 Å². The zero-order valence-electron chi connectivity index (χ0n) is 11.0. The van der Waals surface area contributed by atoms with E-state index >= 15 is 0 Å². The van der Waals surface area contributed by atoms with Gasteiger partial charge in [0, 0.05) is 21.6 Å². The fraction of sp³-hybridized carbons (Fsp3) is 0. The monoisotopic (exact) mass is 294 g/mol. The molecule has 2 aromatic carbocycles. The predicted molar refractivity (Wildman–Crippen MR) is 86.1 cm³/mol. The van der Waals surface area contributed by atoms with E-state index in [9.17, 15) is 0 Å². The first kappa shape index (κ1) is 12.2. The highest BCUT2D eigenvalue weighted by Gasteiger charge is 2.10. The first-order chi connectivity index (χ1) is 10.3. The zero-order valence-corrected chi connectivity index (χ0v) is 11.7. The lowest BCUT2D eigenvalue weighted by molar-refractivity contribution is 1.20. The summed E-state index contributed by atoms with van der Waals surface area (Å²) >= 11 is 6.02. The first-order valence-corrected chi connectivity index (χ1v) is 6.93. The van der Waals surface area contributed by atoms with Gasteiger partial charge in [-0.3, -0.25) is 0 Å². The first-order valence-electron chi connectivity index (χ1n) is 6.55. The van der Waals surface area contributed by atoms with Crippen molar-refractivity contribution in [2.24, 2.45) is 0 Å². The number of nitrogens with zero attached hydrogens (tertiary/aromatic N) is 2. The summed E-state index contributed by atoms with van der Waals surface area (Å²) in [5.74, 6) is 0.764. The van der Waals surface area contributed by atoms with Crippen LogP contribution in [0.3, 0.4) is 0 Å². The standard InChI is InChI=1S/C16H11ClN4/c17-10-4-3-5-11(8-10)20-15-14-12-6-1-2-7-13(12)21-16(14)19-9-18-15/h1-9H,(H2,18,19,20,21). The minimum atomic E-state index is 0.684. The highest BCUT2D eigenvalue weighted by molar-refractivity contribution is 6.30. The molecule has 2 N–H and O–H groups in total. The largest absolute Gasteiger partial charge is 0.340 e. The molecule has 102 valence electrons. The molecule has 4 rings (SSSR count). The van der Waals surface area contributed by atoms with Gasteiger partial charge in [0.25, 0.3) is 0 Å². The van der Waals surface area contributed by atoms with Crippen molar-refractivity contribution in [3.8, 4) is 0 Å². The van der Waals surface area contributed by atoms with E-state index < -0.39 is 0 Å². The van der Waals surface area contributed by atoms with E-state index in [1.807, 2.05) is 42.5 Å². The van der Waals surface area contributed by atoms with Gasteiger partial charge in [0.05, 0.1) is 5.39 Å². The number of hydrogen-bond donors (Lipinski definition) is 2. The molecule has 0 spiro atoms. The van der Waals surface area contributed by atoms with Gasteiger partial charge in [-0.1, -0.05) is 35.9 Å². The number of halogens is 1. The van der Waals surface area contributed by atoms with Crippen LogP contribution in [0.25, 0.3) is 21.9 Å². The predicted octanol–water partition coefficient (Wildman–Crippen LogP) is 4.51. The molecule has 0 aliphatic carbocycles. The van der Waals surface area contributed by atoms with Crippen molar-refractivity contribution in [3.63, 3.8) is 0 Å². The molecule has 0 saturated carbocycles. The number of aromatic amines is 1. The molecule has 0 aliphatic heterocycles. The van der Waals surface area contributed by atoms with Crippen molar-refractivity contribution in [1.29, 1.82) is 0 Å². The third-order valence-corrected chi connectivity index (χ3v) is 3.62. The number of nitrogens with one attached hydrogen (secondary N) is 2. The van der Waals surface area contributed by atoms with Gasteiger partial charge >= 0.3 is 0 Å². The van der Waals surface area contributed by atoms with Crippen LogP contribution in [0.15, 0.2) is 54.9 Å². The van der Waals surface area contributed by atoms with Crippen molar-refractivity contribution in [2.75, 3.05) is 5.32 Å². The van der Waals surface area contributed by atoms with E-state index in [1.54, 1.807) is 6.33 Å². The normalized spacial score (nSPS) is 11.1. The van der Waals surface area contributed by atoms with Gasteiger partial charge < -0.3 is 10.3 Å². The summed E-state index contributed by atoms with van der Waals surface area (Å²) in [4.78, 5) is 12.0. The summed E-state index contributed by atoms with van der Waals surface area (Å²) in [5, 5.41) is 6.07. The van der Waals surface area contributed by atoms with Crippen molar-refractivity contribution in [2.45, 2.75) is 0 Å². The minimum absolute atomic E-state index is 0.684. The van der Waals surface area contributed by atoms with Crippen LogP contribution in [0.5, 0.6) is 0 Å². The lowest BCUT2D eigenvalue weighted by Crippen LogP contribution is -1.95. The Balaban J connectivity index is 1.92. The average Bonchev–Trinajstić information content (AvgIpc) is 2.87. The van der Waals surface area contributed by atoms with Crippen LogP contribution in [-0.4, -0.2) is 15.0 Å². The van der Waals surface area contributed by atoms with Crippen molar-refractivity contribution >= 4 is 45.0 Å². The molecule has 0 radical (unpaired) electrons. The average molecular weight is 295 g/mol. The van der Waals surface area contributed by atoms with Crippen LogP contribution in [0.2, 0.25) is 5.02 Å². The lowest BCUT2D eigenvalue weighted by Gasteiger charge is -2.07. The van der Waals surface area contributed by atoms with E-state index in [1.165, 1.54) is 0 Å². The molecule has 0 amide bonds. The fourth-order valence-corrected chi connectivity index (χ4v) is 2.66. The fourth-order valence-electron chi connectivity index (χ4n) is 2.47. The number of aromatic nitrogens is 3. The molecule has 4 nitrogen and oxygen atoms in total. The number of benzene rings is 2. The van der Waals surface area contributed by atoms with Gasteiger partial charge in [0.2, 0.25) is 0 Å². The molecule has 0 fully saturated rings.